The van der Waals surface area contributed by atoms with E-state index in [1.165, 1.54) is 7.11 Å². The van der Waals surface area contributed by atoms with E-state index >= 15 is 0 Å². The van der Waals surface area contributed by atoms with Crippen LogP contribution in [0.15, 0.2) is 12.3 Å². The lowest BCUT2D eigenvalue weighted by Gasteiger charge is -2.32. The highest BCUT2D eigenvalue weighted by atomic mass is 16.7. The molecular formula is C16H22BNO4. The Labute approximate surface area is 131 Å². The number of carbonyl (C=O) groups excluding carboxylic acids is 1. The van der Waals surface area contributed by atoms with E-state index in [0.29, 0.717) is 11.6 Å². The van der Waals surface area contributed by atoms with Gasteiger partial charge in [0.2, 0.25) is 0 Å². The van der Waals surface area contributed by atoms with Crippen molar-refractivity contribution < 1.29 is 18.8 Å². The number of nitrogens with zero attached hydrogens (tertiary/aromatic N) is 1. The van der Waals surface area contributed by atoms with Gasteiger partial charge in [0.15, 0.2) is 5.69 Å². The maximum Gasteiger partial charge on any atom is 0.496 e. The van der Waals surface area contributed by atoms with Gasteiger partial charge in [-0.2, -0.15) is 0 Å². The highest BCUT2D eigenvalue weighted by Crippen LogP contribution is 2.41. The first-order valence-corrected chi connectivity index (χ1v) is 7.69. The number of methoxy groups -OCH3 is 1. The second-order valence-corrected chi connectivity index (χ2v) is 7.06. The molecule has 118 valence electrons. The van der Waals surface area contributed by atoms with Crippen molar-refractivity contribution in [1.29, 1.82) is 0 Å². The van der Waals surface area contributed by atoms with Gasteiger partial charge in [-0.25, -0.2) is 9.78 Å². The summed E-state index contributed by atoms with van der Waals surface area (Å²) in [4.78, 5) is 16.2. The summed E-state index contributed by atoms with van der Waals surface area (Å²) >= 11 is 0. The highest BCUT2D eigenvalue weighted by Gasteiger charge is 2.52. The Hall–Kier alpha value is -1.40. The third kappa shape index (κ3) is 2.54. The molecule has 1 aliphatic carbocycles. The molecule has 0 N–H and O–H groups in total. The minimum Gasteiger partial charge on any atom is -0.464 e. The van der Waals surface area contributed by atoms with Crippen molar-refractivity contribution in [3.05, 3.63) is 23.5 Å². The molecule has 0 radical (unpaired) electrons. The lowest BCUT2D eigenvalue weighted by atomic mass is 9.79. The van der Waals surface area contributed by atoms with E-state index in [0.717, 1.165) is 23.9 Å². The fraction of sp³-hybridized carbons (Fsp3) is 0.625. The highest BCUT2D eigenvalue weighted by molar-refractivity contribution is 6.62. The molecule has 22 heavy (non-hydrogen) atoms. The van der Waals surface area contributed by atoms with Gasteiger partial charge in [-0.1, -0.05) is 6.07 Å². The Morgan fingerprint density at radius 1 is 1.27 bits per heavy atom. The van der Waals surface area contributed by atoms with Crippen LogP contribution < -0.4 is 5.46 Å². The van der Waals surface area contributed by atoms with E-state index in [9.17, 15) is 4.79 Å². The zero-order valence-corrected chi connectivity index (χ0v) is 13.8. The molecule has 2 fully saturated rings. The molecule has 2 aliphatic rings. The molecule has 3 rings (SSSR count). The second-order valence-electron chi connectivity index (χ2n) is 7.06. The number of pyridine rings is 1. The van der Waals surface area contributed by atoms with Crippen LogP contribution >= 0.6 is 0 Å². The Balaban J connectivity index is 1.93. The van der Waals surface area contributed by atoms with Crippen molar-refractivity contribution >= 4 is 18.6 Å². The van der Waals surface area contributed by atoms with Crippen molar-refractivity contribution in [3.8, 4) is 0 Å². The summed E-state index contributed by atoms with van der Waals surface area (Å²) in [6.45, 7) is 8.08. The summed E-state index contributed by atoms with van der Waals surface area (Å²) < 4.78 is 16.9. The maximum absolute atomic E-state index is 11.9. The summed E-state index contributed by atoms with van der Waals surface area (Å²) in [7, 11) is 0.921. The molecular weight excluding hydrogens is 281 g/mol. The van der Waals surface area contributed by atoms with Crippen molar-refractivity contribution in [3.63, 3.8) is 0 Å². The van der Waals surface area contributed by atoms with Crippen LogP contribution in [0.2, 0.25) is 0 Å². The number of hydrogen-bond acceptors (Lipinski definition) is 5. The normalized spacial score (nSPS) is 22.7. The average Bonchev–Trinajstić information content (AvgIpc) is 3.25. The van der Waals surface area contributed by atoms with Crippen LogP contribution in [0, 0.1) is 0 Å². The first-order chi connectivity index (χ1) is 10.2. The molecule has 2 heterocycles. The summed E-state index contributed by atoms with van der Waals surface area (Å²) in [5, 5.41) is 0. The molecule has 1 saturated heterocycles. The predicted octanol–water partition coefficient (Wildman–Crippen LogP) is 2.04. The molecule has 0 bridgehead atoms. The minimum absolute atomic E-state index is 0.387. The van der Waals surface area contributed by atoms with Crippen LogP contribution in [-0.2, 0) is 14.0 Å². The third-order valence-electron chi connectivity index (χ3n) is 4.86. The lowest BCUT2D eigenvalue weighted by Crippen LogP contribution is -2.41. The van der Waals surface area contributed by atoms with E-state index in [4.69, 9.17) is 14.0 Å². The monoisotopic (exact) mass is 303 g/mol. The number of rotatable bonds is 3. The van der Waals surface area contributed by atoms with E-state index in [-0.39, 0.29) is 5.97 Å². The first-order valence-electron chi connectivity index (χ1n) is 7.69. The van der Waals surface area contributed by atoms with Crippen LogP contribution in [0.1, 0.15) is 62.5 Å². The summed E-state index contributed by atoms with van der Waals surface area (Å²) in [6.07, 6.45) is 3.82. The maximum atomic E-state index is 11.9. The van der Waals surface area contributed by atoms with Gasteiger partial charge in [-0.3, -0.25) is 0 Å². The van der Waals surface area contributed by atoms with Crippen molar-refractivity contribution in [1.82, 2.24) is 4.98 Å². The van der Waals surface area contributed by atoms with Gasteiger partial charge in [-0.15, -0.1) is 0 Å². The van der Waals surface area contributed by atoms with E-state index in [1.54, 1.807) is 6.20 Å². The Kier molecular flexibility index (Phi) is 3.57. The van der Waals surface area contributed by atoms with Crippen LogP contribution in [0.25, 0.3) is 0 Å². The SMILES string of the molecule is COC(=O)c1ncc(B2OC(C)(C)C(C)(C)O2)cc1C1CC1. The van der Waals surface area contributed by atoms with Gasteiger partial charge in [0.1, 0.15) is 0 Å². The molecule has 1 aromatic rings. The molecule has 6 heteroatoms. The van der Waals surface area contributed by atoms with Crippen LogP contribution in [0.5, 0.6) is 0 Å². The Bertz CT molecular complexity index is 594. The molecule has 5 nitrogen and oxygen atoms in total. The number of aromatic nitrogens is 1. The number of esters is 1. The molecule has 1 aliphatic heterocycles. The Morgan fingerprint density at radius 3 is 2.36 bits per heavy atom. The summed E-state index contributed by atoms with van der Waals surface area (Å²) in [5.41, 5.74) is 1.43. The zero-order chi connectivity index (χ0) is 16.1. The van der Waals surface area contributed by atoms with Crippen LogP contribution in [-0.4, -0.2) is 36.4 Å². The molecule has 0 aromatic carbocycles. The first kappa shape index (κ1) is 15.5. The topological polar surface area (TPSA) is 57.7 Å². The molecule has 1 saturated carbocycles. The lowest BCUT2D eigenvalue weighted by molar-refractivity contribution is 0.00578. The fourth-order valence-electron chi connectivity index (χ4n) is 2.58. The minimum atomic E-state index is -0.457. The molecule has 0 amide bonds. The predicted molar refractivity (Wildman–Crippen MR) is 83.3 cm³/mol. The summed E-state index contributed by atoms with van der Waals surface area (Å²) in [5.74, 6) is 0.00587. The van der Waals surface area contributed by atoms with Gasteiger partial charge in [0.05, 0.1) is 18.3 Å². The van der Waals surface area contributed by atoms with Gasteiger partial charge < -0.3 is 14.0 Å². The van der Waals surface area contributed by atoms with Crippen LogP contribution in [0.3, 0.4) is 0 Å². The molecule has 0 spiro atoms. The molecule has 0 atom stereocenters. The number of hydrogen-bond donors (Lipinski definition) is 0. The van der Waals surface area contributed by atoms with E-state index in [1.807, 2.05) is 33.8 Å². The second kappa shape index (κ2) is 5.06. The largest absolute Gasteiger partial charge is 0.496 e. The smallest absolute Gasteiger partial charge is 0.464 e. The fourth-order valence-corrected chi connectivity index (χ4v) is 2.58. The van der Waals surface area contributed by atoms with E-state index < -0.39 is 18.3 Å². The van der Waals surface area contributed by atoms with Gasteiger partial charge in [0, 0.05) is 11.7 Å². The zero-order valence-electron chi connectivity index (χ0n) is 13.8. The standard InChI is InChI=1S/C16H22BNO4/c1-15(2)16(3,4)22-17(21-15)11-8-12(10-6-7-10)13(18-9-11)14(19)20-5/h8-10H,6-7H2,1-5H3. The number of carbonyl (C=O) groups is 1. The van der Waals surface area contributed by atoms with Crippen molar-refractivity contribution in [2.45, 2.75) is 57.7 Å². The molecule has 0 unspecified atom stereocenters. The van der Waals surface area contributed by atoms with Gasteiger partial charge in [0.25, 0.3) is 0 Å². The average molecular weight is 303 g/mol. The van der Waals surface area contributed by atoms with Crippen molar-refractivity contribution in [2.24, 2.45) is 0 Å². The third-order valence-corrected chi connectivity index (χ3v) is 4.86. The van der Waals surface area contributed by atoms with E-state index in [2.05, 4.69) is 4.98 Å². The van der Waals surface area contributed by atoms with Gasteiger partial charge >= 0.3 is 13.1 Å². The van der Waals surface area contributed by atoms with Gasteiger partial charge in [-0.05, 0) is 52.0 Å². The number of ether oxygens (including phenoxy) is 1. The summed E-state index contributed by atoms with van der Waals surface area (Å²) in [6, 6.07) is 1.99. The Morgan fingerprint density at radius 2 is 1.86 bits per heavy atom. The molecule has 1 aromatic heterocycles. The quantitative estimate of drug-likeness (QED) is 0.632. The van der Waals surface area contributed by atoms with Crippen molar-refractivity contribution in [2.75, 3.05) is 7.11 Å². The van der Waals surface area contributed by atoms with Crippen LogP contribution in [0.4, 0.5) is 0 Å².